The van der Waals surface area contributed by atoms with E-state index in [9.17, 15) is 19.7 Å². The summed E-state index contributed by atoms with van der Waals surface area (Å²) in [5.74, 6) is -1.11. The molecule has 0 heterocycles. The van der Waals surface area contributed by atoms with Crippen LogP contribution in [0.4, 0.5) is 16.2 Å². The number of nitro groups is 1. The smallest absolute Gasteiger partial charge is 0.323 e. The van der Waals surface area contributed by atoms with Gasteiger partial charge in [0.2, 0.25) is 0 Å². The van der Waals surface area contributed by atoms with Crippen LogP contribution in [-0.4, -0.2) is 40.0 Å². The minimum atomic E-state index is -1.11. The highest BCUT2D eigenvalue weighted by Crippen LogP contribution is 2.21. The Bertz CT molecular complexity index is 544. The van der Waals surface area contributed by atoms with E-state index in [0.29, 0.717) is 11.3 Å². The van der Waals surface area contributed by atoms with Gasteiger partial charge in [-0.05, 0) is 26.0 Å². The predicted octanol–water partition coefficient (Wildman–Crippen LogP) is 1.84. The summed E-state index contributed by atoms with van der Waals surface area (Å²) in [7, 11) is 0. The second-order valence-corrected chi connectivity index (χ2v) is 4.10. The zero-order chi connectivity index (χ0) is 15.3. The Morgan fingerprint density at radius 2 is 2.10 bits per heavy atom. The third-order valence-corrected chi connectivity index (χ3v) is 2.64. The molecule has 0 atom stereocenters. The summed E-state index contributed by atoms with van der Waals surface area (Å²) in [6.07, 6.45) is 0. The van der Waals surface area contributed by atoms with E-state index in [1.54, 1.807) is 13.8 Å². The molecular formula is C12H15N3O5. The van der Waals surface area contributed by atoms with Crippen LogP contribution in [0.1, 0.15) is 12.5 Å². The minimum absolute atomic E-state index is 0.0408. The maximum atomic E-state index is 11.8. The van der Waals surface area contributed by atoms with E-state index in [1.807, 2.05) is 0 Å². The largest absolute Gasteiger partial charge is 0.480 e. The maximum absolute atomic E-state index is 11.8. The number of hydrogen-bond donors (Lipinski definition) is 2. The second-order valence-electron chi connectivity index (χ2n) is 4.10. The number of nitrogens with one attached hydrogen (secondary N) is 1. The first kappa shape index (κ1) is 15.4. The Hall–Kier alpha value is -2.64. The predicted molar refractivity (Wildman–Crippen MR) is 71.7 cm³/mol. The molecule has 20 heavy (non-hydrogen) atoms. The van der Waals surface area contributed by atoms with E-state index in [4.69, 9.17) is 5.11 Å². The fourth-order valence-electron chi connectivity index (χ4n) is 1.63. The molecule has 2 N–H and O–H groups in total. The molecule has 0 aliphatic carbocycles. The molecule has 0 aliphatic rings. The van der Waals surface area contributed by atoms with Crippen molar-refractivity contribution in [3.63, 3.8) is 0 Å². The van der Waals surface area contributed by atoms with Gasteiger partial charge in [-0.15, -0.1) is 0 Å². The molecule has 0 bridgehead atoms. The van der Waals surface area contributed by atoms with Crippen molar-refractivity contribution in [3.05, 3.63) is 33.9 Å². The molecule has 8 nitrogen and oxygen atoms in total. The van der Waals surface area contributed by atoms with Crippen molar-refractivity contribution < 1.29 is 19.6 Å². The molecule has 0 unspecified atom stereocenters. The van der Waals surface area contributed by atoms with E-state index in [0.717, 1.165) is 4.90 Å². The first-order chi connectivity index (χ1) is 9.35. The fourth-order valence-corrected chi connectivity index (χ4v) is 1.63. The van der Waals surface area contributed by atoms with Gasteiger partial charge in [-0.1, -0.05) is 0 Å². The Labute approximate surface area is 115 Å². The summed E-state index contributed by atoms with van der Waals surface area (Å²) in [4.78, 5) is 33.7. The minimum Gasteiger partial charge on any atom is -0.480 e. The summed E-state index contributed by atoms with van der Waals surface area (Å²) >= 11 is 0. The van der Waals surface area contributed by atoms with Gasteiger partial charge < -0.3 is 15.3 Å². The summed E-state index contributed by atoms with van der Waals surface area (Å²) in [6, 6.07) is 3.59. The van der Waals surface area contributed by atoms with Crippen molar-refractivity contribution in [2.45, 2.75) is 13.8 Å². The molecular weight excluding hydrogens is 266 g/mol. The van der Waals surface area contributed by atoms with Gasteiger partial charge in [-0.25, -0.2) is 4.79 Å². The lowest BCUT2D eigenvalue weighted by atomic mass is 10.2. The number of aliphatic carboxylic acids is 1. The lowest BCUT2D eigenvalue weighted by molar-refractivity contribution is -0.385. The van der Waals surface area contributed by atoms with E-state index < -0.39 is 23.5 Å². The molecule has 2 amide bonds. The van der Waals surface area contributed by atoms with Gasteiger partial charge in [0.15, 0.2) is 0 Å². The monoisotopic (exact) mass is 281 g/mol. The standard InChI is InChI=1S/C12H15N3O5/c1-3-14(7-11(16)17)12(18)13-9-4-5-10(15(19)20)8(2)6-9/h4-6H,3,7H2,1-2H3,(H,13,18)(H,16,17). The highest BCUT2D eigenvalue weighted by atomic mass is 16.6. The van der Waals surface area contributed by atoms with Gasteiger partial charge in [-0.3, -0.25) is 14.9 Å². The van der Waals surface area contributed by atoms with Crippen molar-refractivity contribution >= 4 is 23.4 Å². The van der Waals surface area contributed by atoms with Crippen molar-refractivity contribution in [2.75, 3.05) is 18.4 Å². The Balaban J connectivity index is 2.82. The molecule has 1 aromatic rings. The maximum Gasteiger partial charge on any atom is 0.323 e. The van der Waals surface area contributed by atoms with Gasteiger partial charge >= 0.3 is 12.0 Å². The number of anilines is 1. The quantitative estimate of drug-likeness (QED) is 0.631. The molecule has 1 aromatic carbocycles. The molecule has 0 aliphatic heterocycles. The normalized spacial score (nSPS) is 9.90. The number of hydrogen-bond acceptors (Lipinski definition) is 4. The van der Waals surface area contributed by atoms with Crippen LogP contribution >= 0.6 is 0 Å². The lowest BCUT2D eigenvalue weighted by Crippen LogP contribution is -2.38. The number of carbonyl (C=O) groups is 2. The van der Waals surface area contributed by atoms with Crippen LogP contribution < -0.4 is 5.32 Å². The third-order valence-electron chi connectivity index (χ3n) is 2.64. The number of carboxylic acids is 1. The lowest BCUT2D eigenvalue weighted by Gasteiger charge is -2.19. The molecule has 108 valence electrons. The Morgan fingerprint density at radius 3 is 2.55 bits per heavy atom. The van der Waals surface area contributed by atoms with Gasteiger partial charge in [0.25, 0.3) is 5.69 Å². The summed E-state index contributed by atoms with van der Waals surface area (Å²) < 4.78 is 0. The number of carbonyl (C=O) groups excluding carboxylic acids is 1. The Kier molecular flexibility index (Phi) is 5.01. The number of aryl methyl sites for hydroxylation is 1. The number of rotatable bonds is 5. The fraction of sp³-hybridized carbons (Fsp3) is 0.333. The number of urea groups is 1. The van der Waals surface area contributed by atoms with Crippen LogP contribution in [0.5, 0.6) is 0 Å². The van der Waals surface area contributed by atoms with Crippen molar-refractivity contribution in [1.82, 2.24) is 4.90 Å². The van der Waals surface area contributed by atoms with E-state index in [-0.39, 0.29) is 12.2 Å². The summed E-state index contributed by atoms with van der Waals surface area (Å²) in [5.41, 5.74) is 0.747. The topological polar surface area (TPSA) is 113 Å². The number of carboxylic acid groups (broad SMARTS) is 1. The molecule has 0 spiro atoms. The van der Waals surface area contributed by atoms with E-state index >= 15 is 0 Å². The van der Waals surface area contributed by atoms with Gasteiger partial charge in [0.1, 0.15) is 6.54 Å². The van der Waals surface area contributed by atoms with Crippen LogP contribution in [0.25, 0.3) is 0 Å². The third kappa shape index (κ3) is 3.94. The number of amides is 2. The number of likely N-dealkylation sites (N-methyl/N-ethyl adjacent to an activating group) is 1. The van der Waals surface area contributed by atoms with Crippen LogP contribution in [-0.2, 0) is 4.79 Å². The van der Waals surface area contributed by atoms with Crippen LogP contribution in [0.2, 0.25) is 0 Å². The SMILES string of the molecule is CCN(CC(=O)O)C(=O)Nc1ccc([N+](=O)[O-])c(C)c1. The molecule has 0 radical (unpaired) electrons. The van der Waals surface area contributed by atoms with Crippen LogP contribution in [0, 0.1) is 17.0 Å². The first-order valence-corrected chi connectivity index (χ1v) is 5.88. The van der Waals surface area contributed by atoms with Crippen molar-refractivity contribution in [1.29, 1.82) is 0 Å². The zero-order valence-corrected chi connectivity index (χ0v) is 11.1. The number of benzene rings is 1. The van der Waals surface area contributed by atoms with Crippen LogP contribution in [0.15, 0.2) is 18.2 Å². The van der Waals surface area contributed by atoms with Gasteiger partial charge in [0, 0.05) is 23.9 Å². The van der Waals surface area contributed by atoms with E-state index in [1.165, 1.54) is 18.2 Å². The summed E-state index contributed by atoms with van der Waals surface area (Å²) in [5, 5.41) is 21.9. The second kappa shape index (κ2) is 6.50. The molecule has 0 saturated carbocycles. The highest BCUT2D eigenvalue weighted by Gasteiger charge is 2.16. The van der Waals surface area contributed by atoms with Crippen molar-refractivity contribution in [2.24, 2.45) is 0 Å². The average Bonchev–Trinajstić information content (AvgIpc) is 2.35. The molecule has 8 heteroatoms. The molecule has 0 fully saturated rings. The first-order valence-electron chi connectivity index (χ1n) is 5.88. The number of nitro benzene ring substituents is 1. The Morgan fingerprint density at radius 1 is 1.45 bits per heavy atom. The molecule has 0 aromatic heterocycles. The molecule has 0 saturated heterocycles. The van der Waals surface area contributed by atoms with Gasteiger partial charge in [-0.2, -0.15) is 0 Å². The van der Waals surface area contributed by atoms with Crippen LogP contribution in [0.3, 0.4) is 0 Å². The summed E-state index contributed by atoms with van der Waals surface area (Å²) in [6.45, 7) is 3.05. The average molecular weight is 281 g/mol. The van der Waals surface area contributed by atoms with Crippen molar-refractivity contribution in [3.8, 4) is 0 Å². The van der Waals surface area contributed by atoms with E-state index in [2.05, 4.69) is 5.32 Å². The highest BCUT2D eigenvalue weighted by molar-refractivity contribution is 5.91. The molecule has 1 rings (SSSR count). The zero-order valence-electron chi connectivity index (χ0n) is 11.1. The number of nitrogens with zero attached hydrogens (tertiary/aromatic N) is 2. The van der Waals surface area contributed by atoms with Gasteiger partial charge in [0.05, 0.1) is 4.92 Å².